The molecule has 0 N–H and O–H groups in total. The molecule has 4 rings (SSSR count). The number of carbonyl (C=O) groups is 1. The van der Waals surface area contributed by atoms with Crippen LogP contribution in [0.1, 0.15) is 12.5 Å². The fourth-order valence-electron chi connectivity index (χ4n) is 4.66. The van der Waals surface area contributed by atoms with E-state index in [0.29, 0.717) is 5.56 Å². The highest BCUT2D eigenvalue weighted by molar-refractivity contribution is 7.96. The molecule has 0 saturated carbocycles. The molecule has 0 heterocycles. The second kappa shape index (κ2) is 12.6. The van der Waals surface area contributed by atoms with Crippen LogP contribution >= 0.6 is 7.26 Å². The standard InChI is InChI=1S/C29H27NO4P.BrH/c1-2-34-29(31)28(22-23-14-12-13-21-27(23)30(32)33)35(24-15-6-3-7-16-24,25-17-8-4-9-18-25)26-19-10-5-11-20-26;/h3-21,28H,2,22H2,1H3;1H/q+1;/p-1. The fraction of sp³-hybridized carbons (Fsp3) is 0.138. The van der Waals surface area contributed by atoms with Crippen LogP contribution in [-0.4, -0.2) is 23.2 Å². The van der Waals surface area contributed by atoms with Crippen LogP contribution in [0.4, 0.5) is 5.69 Å². The highest BCUT2D eigenvalue weighted by atomic mass is 79.9. The van der Waals surface area contributed by atoms with Gasteiger partial charge in [-0.15, -0.1) is 0 Å². The maximum atomic E-state index is 13.8. The zero-order valence-corrected chi connectivity index (χ0v) is 22.3. The number of hydrogen-bond acceptors (Lipinski definition) is 4. The number of benzene rings is 4. The summed E-state index contributed by atoms with van der Waals surface area (Å²) in [5.41, 5.74) is -0.132. The highest BCUT2D eigenvalue weighted by Crippen LogP contribution is 2.61. The minimum Gasteiger partial charge on any atom is -1.00 e. The number of para-hydroxylation sites is 1. The van der Waals surface area contributed by atoms with E-state index < -0.39 is 12.9 Å². The van der Waals surface area contributed by atoms with Gasteiger partial charge in [-0.2, -0.15) is 0 Å². The van der Waals surface area contributed by atoms with Crippen LogP contribution in [0.3, 0.4) is 0 Å². The SMILES string of the molecule is CCOC(=O)C(Cc1ccccc1[N+](=O)[O-])[P+](c1ccccc1)(c1ccccc1)c1ccccc1.[Br-]. The summed E-state index contributed by atoms with van der Waals surface area (Å²) in [6, 6.07) is 36.7. The first-order valence-corrected chi connectivity index (χ1v) is 13.4. The van der Waals surface area contributed by atoms with Crippen LogP contribution in [-0.2, 0) is 16.0 Å². The molecule has 0 fully saturated rings. The van der Waals surface area contributed by atoms with Gasteiger partial charge in [0.1, 0.15) is 23.2 Å². The number of nitro groups is 1. The fourth-order valence-corrected chi connectivity index (χ4v) is 9.43. The average Bonchev–Trinajstić information content (AvgIpc) is 2.90. The van der Waals surface area contributed by atoms with E-state index in [1.165, 1.54) is 6.07 Å². The summed E-state index contributed by atoms with van der Waals surface area (Å²) < 4.78 is 5.67. The van der Waals surface area contributed by atoms with Gasteiger partial charge in [-0.3, -0.25) is 10.1 Å². The summed E-state index contributed by atoms with van der Waals surface area (Å²) in [5, 5.41) is 14.9. The average molecular weight is 564 g/mol. The predicted molar refractivity (Wildman–Crippen MR) is 142 cm³/mol. The maximum absolute atomic E-state index is 13.8. The quantitative estimate of drug-likeness (QED) is 0.135. The number of esters is 1. The van der Waals surface area contributed by atoms with Crippen molar-refractivity contribution >= 4 is 34.8 Å². The molecule has 5 nitrogen and oxygen atoms in total. The van der Waals surface area contributed by atoms with Gasteiger partial charge in [0, 0.05) is 18.1 Å². The summed E-state index contributed by atoms with van der Waals surface area (Å²) in [7, 11) is -2.66. The molecule has 0 amide bonds. The lowest BCUT2D eigenvalue weighted by molar-refractivity contribution is -0.385. The van der Waals surface area contributed by atoms with Gasteiger partial charge in [0.15, 0.2) is 5.66 Å². The Morgan fingerprint density at radius 1 is 0.778 bits per heavy atom. The van der Waals surface area contributed by atoms with Crippen LogP contribution in [0.5, 0.6) is 0 Å². The second-order valence-corrected chi connectivity index (χ2v) is 11.7. The molecule has 0 aliphatic carbocycles. The van der Waals surface area contributed by atoms with E-state index in [2.05, 4.69) is 36.4 Å². The number of halogens is 1. The Morgan fingerprint density at radius 2 is 1.19 bits per heavy atom. The van der Waals surface area contributed by atoms with E-state index in [9.17, 15) is 14.9 Å². The van der Waals surface area contributed by atoms with Crippen molar-refractivity contribution in [1.82, 2.24) is 0 Å². The zero-order chi connectivity index (χ0) is 24.7. The number of ether oxygens (including phenoxy) is 1. The van der Waals surface area contributed by atoms with Crippen molar-refractivity contribution in [2.24, 2.45) is 0 Å². The smallest absolute Gasteiger partial charge is 0.348 e. The molecule has 0 radical (unpaired) electrons. The number of carbonyl (C=O) groups excluding carboxylic acids is 1. The van der Waals surface area contributed by atoms with E-state index in [1.807, 2.05) is 54.6 Å². The molecule has 7 heteroatoms. The Labute approximate surface area is 222 Å². The van der Waals surface area contributed by atoms with E-state index in [1.54, 1.807) is 25.1 Å². The summed E-state index contributed by atoms with van der Waals surface area (Å²) in [6.45, 7) is 2.01. The molecule has 184 valence electrons. The van der Waals surface area contributed by atoms with Gasteiger partial charge in [-0.05, 0) is 43.3 Å². The molecule has 0 aliphatic rings. The predicted octanol–water partition coefficient (Wildman–Crippen LogP) is 2.07. The molecule has 0 aromatic heterocycles. The van der Waals surface area contributed by atoms with Crippen LogP contribution in [0, 0.1) is 10.1 Å². The van der Waals surface area contributed by atoms with Crippen molar-refractivity contribution in [3.05, 3.63) is 131 Å². The Bertz CT molecular complexity index is 1190. The summed E-state index contributed by atoms with van der Waals surface area (Å²) in [6.07, 6.45) is 0.183. The van der Waals surface area contributed by atoms with Crippen LogP contribution in [0.25, 0.3) is 0 Å². The van der Waals surface area contributed by atoms with Gasteiger partial charge in [0.05, 0.1) is 11.5 Å². The Kier molecular flexibility index (Phi) is 9.51. The topological polar surface area (TPSA) is 69.4 Å². The van der Waals surface area contributed by atoms with Gasteiger partial charge < -0.3 is 21.7 Å². The molecular formula is C29H27BrNO4P. The first kappa shape index (κ1) is 27.3. The first-order valence-electron chi connectivity index (χ1n) is 11.5. The molecule has 4 aromatic carbocycles. The minimum absolute atomic E-state index is 0. The highest BCUT2D eigenvalue weighted by Gasteiger charge is 2.56. The lowest BCUT2D eigenvalue weighted by Gasteiger charge is -2.33. The number of hydrogen-bond donors (Lipinski definition) is 0. The van der Waals surface area contributed by atoms with E-state index >= 15 is 0 Å². The molecule has 1 atom stereocenters. The summed E-state index contributed by atoms with van der Waals surface area (Å²) in [4.78, 5) is 25.3. The van der Waals surface area contributed by atoms with E-state index in [-0.39, 0.29) is 46.6 Å². The molecule has 1 unspecified atom stereocenters. The molecule has 0 aliphatic heterocycles. The molecule has 0 saturated heterocycles. The van der Waals surface area contributed by atoms with Gasteiger partial charge in [-0.1, -0.05) is 72.8 Å². The van der Waals surface area contributed by atoms with E-state index in [4.69, 9.17) is 4.74 Å². The monoisotopic (exact) mass is 563 g/mol. The van der Waals surface area contributed by atoms with E-state index in [0.717, 1.165) is 15.9 Å². The summed E-state index contributed by atoms with van der Waals surface area (Å²) in [5.74, 6) is -0.351. The molecule has 4 aromatic rings. The van der Waals surface area contributed by atoms with Crippen LogP contribution in [0.15, 0.2) is 115 Å². The Balaban J connectivity index is 0.00000361. The van der Waals surface area contributed by atoms with Crippen LogP contribution in [0.2, 0.25) is 0 Å². The van der Waals surface area contributed by atoms with Crippen molar-refractivity contribution in [3.63, 3.8) is 0 Å². The van der Waals surface area contributed by atoms with Crippen molar-refractivity contribution < 1.29 is 31.4 Å². The molecule has 0 bridgehead atoms. The van der Waals surface area contributed by atoms with Gasteiger partial charge >= 0.3 is 5.97 Å². The van der Waals surface area contributed by atoms with Gasteiger partial charge in [0.2, 0.25) is 0 Å². The number of nitrogens with zero attached hydrogens (tertiary/aromatic N) is 1. The first-order chi connectivity index (χ1) is 17.1. The lowest BCUT2D eigenvalue weighted by atomic mass is 10.1. The van der Waals surface area contributed by atoms with Gasteiger partial charge in [-0.25, -0.2) is 4.79 Å². The third kappa shape index (κ3) is 5.40. The van der Waals surface area contributed by atoms with Gasteiger partial charge in [0.25, 0.3) is 5.69 Å². The maximum Gasteiger partial charge on any atom is 0.348 e. The zero-order valence-electron chi connectivity index (χ0n) is 19.9. The Hall–Kier alpha value is -3.34. The van der Waals surface area contributed by atoms with Crippen LogP contribution < -0.4 is 32.9 Å². The molecule has 0 spiro atoms. The minimum atomic E-state index is -2.66. The third-order valence-corrected chi connectivity index (χ3v) is 10.8. The third-order valence-electron chi connectivity index (χ3n) is 6.12. The van der Waals surface area contributed by atoms with Crippen molar-refractivity contribution in [2.45, 2.75) is 19.0 Å². The normalized spacial score (nSPS) is 11.7. The largest absolute Gasteiger partial charge is 1.00 e. The summed E-state index contributed by atoms with van der Waals surface area (Å²) >= 11 is 0. The van der Waals surface area contributed by atoms with Crippen molar-refractivity contribution in [3.8, 4) is 0 Å². The second-order valence-electron chi connectivity index (χ2n) is 8.09. The van der Waals surface area contributed by atoms with Crippen molar-refractivity contribution in [1.29, 1.82) is 0 Å². The molecular weight excluding hydrogens is 537 g/mol. The van der Waals surface area contributed by atoms with Crippen molar-refractivity contribution in [2.75, 3.05) is 6.61 Å². The molecule has 36 heavy (non-hydrogen) atoms. The Morgan fingerprint density at radius 3 is 1.61 bits per heavy atom. The lowest BCUT2D eigenvalue weighted by Crippen LogP contribution is -3.00. The number of nitro benzene ring substituents is 1. The number of rotatable bonds is 9.